The van der Waals surface area contributed by atoms with Crippen molar-refractivity contribution >= 4 is 21.6 Å². The lowest BCUT2D eigenvalue weighted by Gasteiger charge is -2.34. The fourth-order valence-corrected chi connectivity index (χ4v) is 2.16. The first-order valence-electron chi connectivity index (χ1n) is 5.12. The molecule has 1 aromatic carbocycles. The highest BCUT2D eigenvalue weighted by atomic mass is 79.9. The average Bonchev–Trinajstić information content (AvgIpc) is 2.29. The van der Waals surface area contributed by atoms with Crippen molar-refractivity contribution in [1.82, 2.24) is 0 Å². The summed E-state index contributed by atoms with van der Waals surface area (Å²) in [7, 11) is 0. The SMILES string of the molecule is NC[C@@H]1CN(c2cccc(Br)c2)CCO1. The van der Waals surface area contributed by atoms with E-state index in [1.807, 2.05) is 12.1 Å². The molecule has 0 saturated carbocycles. The van der Waals surface area contributed by atoms with Gasteiger partial charge in [-0.2, -0.15) is 0 Å². The van der Waals surface area contributed by atoms with Crippen LogP contribution in [0.15, 0.2) is 28.7 Å². The van der Waals surface area contributed by atoms with Crippen LogP contribution in [0.4, 0.5) is 5.69 Å². The van der Waals surface area contributed by atoms with Gasteiger partial charge in [-0.05, 0) is 18.2 Å². The van der Waals surface area contributed by atoms with Gasteiger partial charge in [0.25, 0.3) is 0 Å². The number of ether oxygens (including phenoxy) is 1. The molecule has 0 radical (unpaired) electrons. The summed E-state index contributed by atoms with van der Waals surface area (Å²) < 4.78 is 6.64. The molecular weight excluding hydrogens is 256 g/mol. The second-order valence-electron chi connectivity index (χ2n) is 3.65. The zero-order valence-corrected chi connectivity index (χ0v) is 10.1. The molecule has 0 unspecified atom stereocenters. The minimum Gasteiger partial charge on any atom is -0.373 e. The van der Waals surface area contributed by atoms with Gasteiger partial charge in [-0.3, -0.25) is 0 Å². The largest absolute Gasteiger partial charge is 0.373 e. The Balaban J connectivity index is 2.09. The van der Waals surface area contributed by atoms with Crippen molar-refractivity contribution < 1.29 is 4.74 Å². The highest BCUT2D eigenvalue weighted by Gasteiger charge is 2.19. The van der Waals surface area contributed by atoms with Crippen molar-refractivity contribution in [3.63, 3.8) is 0 Å². The predicted octanol–water partition coefficient (Wildman–Crippen LogP) is 1.61. The molecule has 1 heterocycles. The Kier molecular flexibility index (Phi) is 3.61. The van der Waals surface area contributed by atoms with Crippen LogP contribution in [0.1, 0.15) is 0 Å². The van der Waals surface area contributed by atoms with Crippen LogP contribution in [0.2, 0.25) is 0 Å². The molecule has 0 aromatic heterocycles. The van der Waals surface area contributed by atoms with Gasteiger partial charge in [-0.15, -0.1) is 0 Å². The van der Waals surface area contributed by atoms with Crippen molar-refractivity contribution in [2.75, 3.05) is 31.1 Å². The Hall–Kier alpha value is -0.580. The molecule has 0 aliphatic carbocycles. The van der Waals surface area contributed by atoms with E-state index >= 15 is 0 Å². The van der Waals surface area contributed by atoms with Crippen LogP contribution in [0.25, 0.3) is 0 Å². The zero-order valence-electron chi connectivity index (χ0n) is 8.53. The Morgan fingerprint density at radius 3 is 3.13 bits per heavy atom. The van der Waals surface area contributed by atoms with Crippen LogP contribution < -0.4 is 10.6 Å². The summed E-state index contributed by atoms with van der Waals surface area (Å²) in [5, 5.41) is 0. The van der Waals surface area contributed by atoms with Gasteiger partial charge in [0, 0.05) is 29.8 Å². The van der Waals surface area contributed by atoms with Crippen LogP contribution in [-0.4, -0.2) is 32.3 Å². The lowest BCUT2D eigenvalue weighted by atomic mass is 10.2. The van der Waals surface area contributed by atoms with E-state index in [-0.39, 0.29) is 6.10 Å². The van der Waals surface area contributed by atoms with Crippen molar-refractivity contribution in [2.45, 2.75) is 6.10 Å². The normalized spacial score (nSPS) is 21.7. The lowest BCUT2D eigenvalue weighted by Crippen LogP contribution is -2.45. The van der Waals surface area contributed by atoms with E-state index in [2.05, 4.69) is 33.0 Å². The van der Waals surface area contributed by atoms with Crippen molar-refractivity contribution in [3.8, 4) is 0 Å². The van der Waals surface area contributed by atoms with E-state index in [0.29, 0.717) is 6.54 Å². The number of morpholine rings is 1. The van der Waals surface area contributed by atoms with Crippen molar-refractivity contribution in [1.29, 1.82) is 0 Å². The number of nitrogens with zero attached hydrogens (tertiary/aromatic N) is 1. The van der Waals surface area contributed by atoms with Crippen LogP contribution in [0.5, 0.6) is 0 Å². The van der Waals surface area contributed by atoms with Gasteiger partial charge in [-0.25, -0.2) is 0 Å². The number of nitrogens with two attached hydrogens (primary N) is 1. The monoisotopic (exact) mass is 270 g/mol. The fourth-order valence-electron chi connectivity index (χ4n) is 1.77. The standard InChI is InChI=1S/C11H15BrN2O/c12-9-2-1-3-10(6-9)14-4-5-15-11(7-13)8-14/h1-3,6,11H,4-5,7-8,13H2/t11-/m1/s1. The van der Waals surface area contributed by atoms with E-state index < -0.39 is 0 Å². The third-order valence-electron chi connectivity index (χ3n) is 2.58. The van der Waals surface area contributed by atoms with E-state index in [1.165, 1.54) is 5.69 Å². The topological polar surface area (TPSA) is 38.5 Å². The first-order valence-corrected chi connectivity index (χ1v) is 5.91. The van der Waals surface area contributed by atoms with Crippen LogP contribution in [0.3, 0.4) is 0 Å². The average molecular weight is 271 g/mol. The number of benzene rings is 1. The Morgan fingerprint density at radius 1 is 1.53 bits per heavy atom. The van der Waals surface area contributed by atoms with Gasteiger partial charge in [0.15, 0.2) is 0 Å². The number of halogens is 1. The minimum absolute atomic E-state index is 0.165. The second-order valence-corrected chi connectivity index (χ2v) is 4.57. The van der Waals surface area contributed by atoms with Gasteiger partial charge in [0.2, 0.25) is 0 Å². The number of rotatable bonds is 2. The van der Waals surface area contributed by atoms with Gasteiger partial charge >= 0.3 is 0 Å². The maximum Gasteiger partial charge on any atom is 0.0872 e. The van der Waals surface area contributed by atoms with Gasteiger partial charge in [-0.1, -0.05) is 22.0 Å². The van der Waals surface area contributed by atoms with Crippen LogP contribution in [0, 0.1) is 0 Å². The third-order valence-corrected chi connectivity index (χ3v) is 3.07. The molecule has 82 valence electrons. The summed E-state index contributed by atoms with van der Waals surface area (Å²) in [6, 6.07) is 8.32. The van der Waals surface area contributed by atoms with E-state index in [0.717, 1.165) is 24.2 Å². The molecule has 1 saturated heterocycles. The van der Waals surface area contributed by atoms with E-state index in [1.54, 1.807) is 0 Å². The van der Waals surface area contributed by atoms with Gasteiger partial charge < -0.3 is 15.4 Å². The highest BCUT2D eigenvalue weighted by molar-refractivity contribution is 9.10. The molecule has 3 nitrogen and oxygen atoms in total. The molecule has 2 N–H and O–H groups in total. The van der Waals surface area contributed by atoms with E-state index in [4.69, 9.17) is 10.5 Å². The molecule has 2 rings (SSSR count). The lowest BCUT2D eigenvalue weighted by molar-refractivity contribution is 0.0466. The minimum atomic E-state index is 0.165. The summed E-state index contributed by atoms with van der Waals surface area (Å²) >= 11 is 3.48. The highest BCUT2D eigenvalue weighted by Crippen LogP contribution is 2.21. The van der Waals surface area contributed by atoms with Gasteiger partial charge in [0.05, 0.1) is 12.7 Å². The smallest absolute Gasteiger partial charge is 0.0872 e. The second kappa shape index (κ2) is 4.96. The zero-order chi connectivity index (χ0) is 10.7. The molecule has 1 fully saturated rings. The summed E-state index contributed by atoms with van der Waals surface area (Å²) in [5.74, 6) is 0. The Morgan fingerprint density at radius 2 is 2.40 bits per heavy atom. The Labute approximate surface area is 98.3 Å². The molecule has 0 amide bonds. The third kappa shape index (κ3) is 2.71. The first-order chi connectivity index (χ1) is 7.29. The molecule has 1 aliphatic rings. The van der Waals surface area contributed by atoms with Crippen molar-refractivity contribution in [3.05, 3.63) is 28.7 Å². The first kappa shape index (κ1) is 10.9. The molecular formula is C11H15BrN2O. The number of hydrogen-bond acceptors (Lipinski definition) is 3. The molecule has 1 aromatic rings. The molecule has 15 heavy (non-hydrogen) atoms. The molecule has 0 spiro atoms. The maximum atomic E-state index is 5.61. The van der Waals surface area contributed by atoms with Crippen LogP contribution in [-0.2, 0) is 4.74 Å². The maximum absolute atomic E-state index is 5.61. The van der Waals surface area contributed by atoms with Crippen molar-refractivity contribution in [2.24, 2.45) is 5.73 Å². The number of hydrogen-bond donors (Lipinski definition) is 1. The summed E-state index contributed by atoms with van der Waals surface area (Å²) in [6.45, 7) is 3.17. The van der Waals surface area contributed by atoms with Crippen LogP contribution >= 0.6 is 15.9 Å². The molecule has 1 atom stereocenters. The number of anilines is 1. The predicted molar refractivity (Wildman–Crippen MR) is 65.1 cm³/mol. The summed E-state index contributed by atoms with van der Waals surface area (Å²) in [5.41, 5.74) is 6.84. The molecule has 0 bridgehead atoms. The molecule has 1 aliphatic heterocycles. The summed E-state index contributed by atoms with van der Waals surface area (Å²) in [4.78, 5) is 2.31. The Bertz CT molecular complexity index is 332. The fraction of sp³-hybridized carbons (Fsp3) is 0.455. The van der Waals surface area contributed by atoms with E-state index in [9.17, 15) is 0 Å². The quantitative estimate of drug-likeness (QED) is 0.888. The molecule has 4 heteroatoms. The van der Waals surface area contributed by atoms with Gasteiger partial charge in [0.1, 0.15) is 0 Å². The summed E-state index contributed by atoms with van der Waals surface area (Å²) in [6.07, 6.45) is 0.165.